The van der Waals surface area contributed by atoms with Gasteiger partial charge in [-0.1, -0.05) is 24.1 Å². The van der Waals surface area contributed by atoms with Gasteiger partial charge in [-0.3, -0.25) is 0 Å². The highest BCUT2D eigenvalue weighted by Gasteiger charge is 2.42. The first kappa shape index (κ1) is 23.7. The van der Waals surface area contributed by atoms with Crippen LogP contribution in [0.1, 0.15) is 44.0 Å². The van der Waals surface area contributed by atoms with Crippen LogP contribution in [0.25, 0.3) is 0 Å². The van der Waals surface area contributed by atoms with E-state index in [-0.39, 0.29) is 9.64 Å². The van der Waals surface area contributed by atoms with E-state index in [4.69, 9.17) is 14.6 Å². The molecule has 8 heteroatoms. The minimum Gasteiger partial charge on any atom is -0.478 e. The zero-order valence-electron chi connectivity index (χ0n) is 18.5. The molecule has 0 aliphatic carbocycles. The number of nitrogens with zero attached hydrogens (tertiary/aromatic N) is 1. The summed E-state index contributed by atoms with van der Waals surface area (Å²) in [6.45, 7) is 0. The lowest BCUT2D eigenvalue weighted by molar-refractivity contribution is -0.0605. The van der Waals surface area contributed by atoms with Gasteiger partial charge < -0.3 is 14.6 Å². The predicted molar refractivity (Wildman–Crippen MR) is 133 cm³/mol. The van der Waals surface area contributed by atoms with Gasteiger partial charge in [0.1, 0.15) is 11.4 Å². The van der Waals surface area contributed by atoms with Crippen molar-refractivity contribution in [3.63, 3.8) is 0 Å². The quantitative estimate of drug-likeness (QED) is 0.302. The molecule has 0 fully saturated rings. The summed E-state index contributed by atoms with van der Waals surface area (Å²) in [6.07, 6.45) is 5.10. The average Bonchev–Trinajstić information content (AvgIpc) is 2.87. The van der Waals surface area contributed by atoms with E-state index in [9.17, 15) is 9.59 Å². The Balaban J connectivity index is 1.59. The number of carboxylic acids is 1. The van der Waals surface area contributed by atoms with Crippen LogP contribution in [0.15, 0.2) is 66.9 Å². The van der Waals surface area contributed by atoms with Crippen LogP contribution in [0, 0.1) is 11.8 Å². The summed E-state index contributed by atoms with van der Waals surface area (Å²) in [7, 11) is 0. The molecular formula is C26H21NO5S2. The van der Waals surface area contributed by atoms with Gasteiger partial charge in [0, 0.05) is 17.3 Å². The van der Waals surface area contributed by atoms with Crippen molar-refractivity contribution in [3.8, 4) is 17.6 Å². The first-order valence-corrected chi connectivity index (χ1v) is 12.8. The van der Waals surface area contributed by atoms with E-state index >= 15 is 0 Å². The Labute approximate surface area is 206 Å². The van der Waals surface area contributed by atoms with Gasteiger partial charge in [-0.15, -0.1) is 23.5 Å². The molecule has 1 aliphatic heterocycles. The number of thioether (sulfide) groups is 2. The summed E-state index contributed by atoms with van der Waals surface area (Å²) in [5.74, 6) is 5.26. The number of carboxylic acid groups (broad SMARTS) is 1. The maximum Gasteiger partial charge on any atom is 0.341 e. The fourth-order valence-corrected chi connectivity index (χ4v) is 5.58. The number of carbonyl (C=O) groups excluding carboxylic acids is 1. The first-order valence-electron chi connectivity index (χ1n) is 10.3. The Morgan fingerprint density at radius 1 is 1.06 bits per heavy atom. The number of hydrogen-bond acceptors (Lipinski definition) is 7. The largest absolute Gasteiger partial charge is 0.478 e. The standard InChI is InChI=1S/C26H21NO5S2/c1-33-26(34-2)15-23(32-25(30)18-6-4-3-5-7-18)31-22-13-9-17(14-21(22)26)8-11-20-12-10-19(16-27-20)24(28)29/h3-7,9-10,12-14,16,23H,15H2,1-2H3,(H,28,29). The molecule has 1 atom stereocenters. The highest BCUT2D eigenvalue weighted by molar-refractivity contribution is 8.16. The monoisotopic (exact) mass is 491 g/mol. The molecule has 0 spiro atoms. The van der Waals surface area contributed by atoms with Crippen molar-refractivity contribution in [3.05, 3.63) is 94.8 Å². The van der Waals surface area contributed by atoms with Gasteiger partial charge in [-0.05, 0) is 60.9 Å². The van der Waals surface area contributed by atoms with Crippen LogP contribution in [-0.2, 0) is 8.82 Å². The van der Waals surface area contributed by atoms with E-state index in [1.807, 2.05) is 36.8 Å². The third kappa shape index (κ3) is 5.06. The number of rotatable bonds is 5. The molecule has 4 rings (SSSR count). The summed E-state index contributed by atoms with van der Waals surface area (Å²) >= 11 is 3.33. The molecule has 0 radical (unpaired) electrons. The zero-order valence-corrected chi connectivity index (χ0v) is 20.1. The van der Waals surface area contributed by atoms with E-state index in [1.165, 1.54) is 12.3 Å². The van der Waals surface area contributed by atoms with Crippen LogP contribution < -0.4 is 4.74 Å². The van der Waals surface area contributed by atoms with Gasteiger partial charge in [0.2, 0.25) is 6.29 Å². The van der Waals surface area contributed by atoms with Crippen LogP contribution in [0.3, 0.4) is 0 Å². The molecule has 34 heavy (non-hydrogen) atoms. The Bertz CT molecular complexity index is 1260. The lowest BCUT2D eigenvalue weighted by atomic mass is 10.0. The van der Waals surface area contributed by atoms with E-state index < -0.39 is 18.2 Å². The van der Waals surface area contributed by atoms with Gasteiger partial charge in [-0.25, -0.2) is 14.6 Å². The fourth-order valence-electron chi connectivity index (χ4n) is 3.55. The minimum absolute atomic E-state index is 0.115. The number of fused-ring (bicyclic) bond motifs is 1. The molecule has 1 aliphatic rings. The van der Waals surface area contributed by atoms with Crippen LogP contribution in [0.2, 0.25) is 0 Å². The number of benzene rings is 2. The van der Waals surface area contributed by atoms with E-state index in [0.717, 1.165) is 11.1 Å². The van der Waals surface area contributed by atoms with Gasteiger partial charge in [0.15, 0.2) is 0 Å². The van der Waals surface area contributed by atoms with E-state index in [0.29, 0.717) is 23.4 Å². The van der Waals surface area contributed by atoms with Crippen LogP contribution in [0.4, 0.5) is 0 Å². The van der Waals surface area contributed by atoms with Crippen LogP contribution >= 0.6 is 23.5 Å². The van der Waals surface area contributed by atoms with Crippen molar-refractivity contribution in [2.24, 2.45) is 0 Å². The summed E-state index contributed by atoms with van der Waals surface area (Å²) < 4.78 is 11.4. The minimum atomic E-state index is -1.03. The summed E-state index contributed by atoms with van der Waals surface area (Å²) in [5, 5.41) is 9.00. The SMILES string of the molecule is CSC1(SC)CC(OC(=O)c2ccccc2)Oc2ccc(C#Cc3ccc(C(=O)O)cn3)cc21. The van der Waals surface area contributed by atoms with E-state index in [2.05, 4.69) is 16.8 Å². The Kier molecular flexibility index (Phi) is 7.15. The summed E-state index contributed by atoms with van der Waals surface area (Å²) in [6, 6.07) is 17.6. The van der Waals surface area contributed by atoms with Crippen LogP contribution in [-0.4, -0.2) is 40.8 Å². The normalized spacial score (nSPS) is 15.8. The summed E-state index contributed by atoms with van der Waals surface area (Å²) in [4.78, 5) is 27.6. The van der Waals surface area contributed by atoms with Crippen molar-refractivity contribution in [1.29, 1.82) is 0 Å². The Morgan fingerprint density at radius 3 is 2.47 bits per heavy atom. The molecule has 2 aromatic carbocycles. The van der Waals surface area contributed by atoms with Crippen molar-refractivity contribution < 1.29 is 24.2 Å². The second-order valence-electron chi connectivity index (χ2n) is 7.38. The molecule has 2 heterocycles. The molecule has 1 aromatic heterocycles. The van der Waals surface area contributed by atoms with E-state index in [1.54, 1.807) is 53.9 Å². The van der Waals surface area contributed by atoms with Crippen molar-refractivity contribution in [2.75, 3.05) is 12.5 Å². The highest BCUT2D eigenvalue weighted by Crippen LogP contribution is 2.54. The van der Waals surface area contributed by atoms with Gasteiger partial charge >= 0.3 is 11.9 Å². The maximum absolute atomic E-state index is 12.6. The lowest BCUT2D eigenvalue weighted by Gasteiger charge is -2.39. The predicted octanol–water partition coefficient (Wildman–Crippen LogP) is 5.02. The number of pyridine rings is 1. The molecule has 0 bridgehead atoms. The van der Waals surface area contributed by atoms with Crippen molar-refractivity contribution in [1.82, 2.24) is 4.98 Å². The molecule has 6 nitrogen and oxygen atoms in total. The second-order valence-corrected chi connectivity index (χ2v) is 9.85. The summed E-state index contributed by atoms with van der Waals surface area (Å²) in [5.41, 5.74) is 2.82. The smallest absolute Gasteiger partial charge is 0.341 e. The van der Waals surface area contributed by atoms with Crippen molar-refractivity contribution in [2.45, 2.75) is 16.8 Å². The van der Waals surface area contributed by atoms with Gasteiger partial charge in [0.25, 0.3) is 0 Å². The molecule has 1 N–H and O–H groups in total. The topological polar surface area (TPSA) is 85.7 Å². The number of esters is 1. The number of ether oxygens (including phenoxy) is 2. The van der Waals surface area contributed by atoms with Gasteiger partial charge in [-0.2, -0.15) is 0 Å². The van der Waals surface area contributed by atoms with Crippen LogP contribution in [0.5, 0.6) is 5.75 Å². The first-order chi connectivity index (χ1) is 16.4. The number of carbonyl (C=O) groups is 2. The highest BCUT2D eigenvalue weighted by atomic mass is 32.2. The second kappa shape index (κ2) is 10.2. The number of aromatic carboxylic acids is 1. The molecule has 0 saturated carbocycles. The van der Waals surface area contributed by atoms with Gasteiger partial charge in [0.05, 0.1) is 21.6 Å². The number of aromatic nitrogens is 1. The Morgan fingerprint density at radius 2 is 1.82 bits per heavy atom. The third-order valence-corrected chi connectivity index (χ3v) is 8.43. The molecule has 172 valence electrons. The lowest BCUT2D eigenvalue weighted by Crippen LogP contribution is -2.37. The average molecular weight is 492 g/mol. The molecule has 1 unspecified atom stereocenters. The van der Waals surface area contributed by atoms with Crippen molar-refractivity contribution >= 4 is 35.5 Å². The third-order valence-electron chi connectivity index (χ3n) is 5.34. The maximum atomic E-state index is 12.6. The number of hydrogen-bond donors (Lipinski definition) is 1. The Hall–Kier alpha value is -3.41. The molecule has 0 amide bonds. The molecule has 0 saturated heterocycles. The fraction of sp³-hybridized carbons (Fsp3) is 0.192. The zero-order chi connectivity index (χ0) is 24.1. The molecular weight excluding hydrogens is 470 g/mol. The molecule has 3 aromatic rings.